The Bertz CT molecular complexity index is 462. The molecule has 2 atom stereocenters. The number of aliphatic imine (C=N–C) groups is 1. The van der Waals surface area contributed by atoms with Crippen LogP contribution in [0, 0.1) is 11.7 Å². The lowest BCUT2D eigenvalue weighted by atomic mass is 10.2. The molecular formula is C13H17BrFN3. The van der Waals surface area contributed by atoms with Crippen LogP contribution in [0.15, 0.2) is 27.7 Å². The first-order valence-electron chi connectivity index (χ1n) is 6.01. The van der Waals surface area contributed by atoms with Gasteiger partial charge in [0, 0.05) is 24.1 Å². The van der Waals surface area contributed by atoms with Gasteiger partial charge in [-0.25, -0.2) is 4.39 Å². The molecule has 0 aromatic heterocycles. The molecule has 3 nitrogen and oxygen atoms in total. The third-order valence-corrected chi connectivity index (χ3v) is 3.88. The maximum Gasteiger partial charge on any atom is 0.191 e. The zero-order valence-corrected chi connectivity index (χ0v) is 12.1. The fourth-order valence-electron chi connectivity index (χ4n) is 1.75. The Hall–Kier alpha value is -1.10. The lowest BCUT2D eigenvalue weighted by molar-refractivity contribution is 0.624. The highest BCUT2D eigenvalue weighted by atomic mass is 79.9. The van der Waals surface area contributed by atoms with Crippen molar-refractivity contribution < 1.29 is 4.39 Å². The number of nitrogens with zero attached hydrogens (tertiary/aromatic N) is 1. The molecule has 0 radical (unpaired) electrons. The zero-order chi connectivity index (χ0) is 13.1. The van der Waals surface area contributed by atoms with Gasteiger partial charge < -0.3 is 10.6 Å². The minimum atomic E-state index is -0.228. The van der Waals surface area contributed by atoms with Gasteiger partial charge in [0.05, 0.1) is 0 Å². The van der Waals surface area contributed by atoms with Gasteiger partial charge in [0.1, 0.15) is 5.82 Å². The molecule has 0 aliphatic heterocycles. The third kappa shape index (κ3) is 3.45. The van der Waals surface area contributed by atoms with Gasteiger partial charge in [-0.3, -0.25) is 4.99 Å². The first-order chi connectivity index (χ1) is 8.60. The zero-order valence-electron chi connectivity index (χ0n) is 10.5. The number of nitrogens with one attached hydrogen (secondary N) is 2. The van der Waals surface area contributed by atoms with E-state index in [1.165, 1.54) is 18.6 Å². The molecule has 18 heavy (non-hydrogen) atoms. The molecule has 1 aromatic carbocycles. The van der Waals surface area contributed by atoms with E-state index < -0.39 is 0 Å². The Kier molecular flexibility index (Phi) is 4.22. The van der Waals surface area contributed by atoms with E-state index in [0.29, 0.717) is 18.5 Å². The first kappa shape index (κ1) is 13.3. The van der Waals surface area contributed by atoms with E-state index in [1.54, 1.807) is 13.1 Å². The van der Waals surface area contributed by atoms with Crippen molar-refractivity contribution in [2.75, 3.05) is 7.05 Å². The van der Waals surface area contributed by atoms with Crippen molar-refractivity contribution in [3.05, 3.63) is 34.1 Å². The van der Waals surface area contributed by atoms with Crippen LogP contribution >= 0.6 is 15.9 Å². The SMILES string of the molecule is CN=C(NCc1cc(F)ccc1Br)NC1CC1C. The second kappa shape index (κ2) is 5.69. The van der Waals surface area contributed by atoms with Crippen LogP contribution in [0.4, 0.5) is 4.39 Å². The molecule has 5 heteroatoms. The Morgan fingerprint density at radius 2 is 2.28 bits per heavy atom. The van der Waals surface area contributed by atoms with E-state index in [1.807, 2.05) is 0 Å². The lowest BCUT2D eigenvalue weighted by Crippen LogP contribution is -2.38. The standard InChI is InChI=1S/C13H17BrFN3/c1-8-5-12(8)18-13(16-2)17-7-9-6-10(15)3-4-11(9)14/h3-4,6,8,12H,5,7H2,1-2H3,(H2,16,17,18). The number of benzene rings is 1. The van der Waals surface area contributed by atoms with Gasteiger partial charge in [-0.05, 0) is 36.1 Å². The number of guanidine groups is 1. The molecule has 0 saturated heterocycles. The summed E-state index contributed by atoms with van der Waals surface area (Å²) in [7, 11) is 1.74. The van der Waals surface area contributed by atoms with Crippen LogP contribution in [-0.2, 0) is 6.54 Å². The van der Waals surface area contributed by atoms with Crippen molar-refractivity contribution in [3.8, 4) is 0 Å². The van der Waals surface area contributed by atoms with Crippen LogP contribution in [0.1, 0.15) is 18.9 Å². The molecule has 1 aromatic rings. The minimum absolute atomic E-state index is 0.228. The van der Waals surface area contributed by atoms with Crippen molar-refractivity contribution in [2.24, 2.45) is 10.9 Å². The summed E-state index contributed by atoms with van der Waals surface area (Å²) in [5, 5.41) is 6.51. The van der Waals surface area contributed by atoms with Gasteiger partial charge in [-0.15, -0.1) is 0 Å². The summed E-state index contributed by atoms with van der Waals surface area (Å²) in [6.07, 6.45) is 1.18. The van der Waals surface area contributed by atoms with Crippen molar-refractivity contribution in [3.63, 3.8) is 0 Å². The predicted octanol–water partition coefficient (Wildman–Crippen LogP) is 2.66. The van der Waals surface area contributed by atoms with Gasteiger partial charge in [-0.2, -0.15) is 0 Å². The minimum Gasteiger partial charge on any atom is -0.353 e. The van der Waals surface area contributed by atoms with E-state index in [4.69, 9.17) is 0 Å². The van der Waals surface area contributed by atoms with Crippen molar-refractivity contribution in [2.45, 2.75) is 25.9 Å². The molecule has 1 aliphatic carbocycles. The van der Waals surface area contributed by atoms with Crippen molar-refractivity contribution in [1.29, 1.82) is 0 Å². The van der Waals surface area contributed by atoms with Crippen LogP contribution in [0.25, 0.3) is 0 Å². The van der Waals surface area contributed by atoms with E-state index in [0.717, 1.165) is 16.0 Å². The van der Waals surface area contributed by atoms with Crippen molar-refractivity contribution in [1.82, 2.24) is 10.6 Å². The Labute approximate surface area is 115 Å². The van der Waals surface area contributed by atoms with Gasteiger partial charge in [0.25, 0.3) is 0 Å². The van der Waals surface area contributed by atoms with E-state index >= 15 is 0 Å². The van der Waals surface area contributed by atoms with Gasteiger partial charge in [0.15, 0.2) is 5.96 Å². The molecule has 0 bridgehead atoms. The molecule has 2 rings (SSSR count). The first-order valence-corrected chi connectivity index (χ1v) is 6.80. The molecule has 1 fully saturated rings. The topological polar surface area (TPSA) is 36.4 Å². The highest BCUT2D eigenvalue weighted by Gasteiger charge is 2.33. The summed E-state index contributed by atoms with van der Waals surface area (Å²) in [5.74, 6) is 1.25. The summed E-state index contributed by atoms with van der Waals surface area (Å²) >= 11 is 3.41. The monoisotopic (exact) mass is 313 g/mol. The normalized spacial score (nSPS) is 22.8. The maximum absolute atomic E-state index is 13.1. The quantitative estimate of drug-likeness (QED) is 0.665. The summed E-state index contributed by atoms with van der Waals surface area (Å²) < 4.78 is 14.0. The summed E-state index contributed by atoms with van der Waals surface area (Å²) in [6.45, 7) is 2.74. The molecule has 0 amide bonds. The molecular weight excluding hydrogens is 297 g/mol. The Morgan fingerprint density at radius 3 is 2.89 bits per heavy atom. The van der Waals surface area contributed by atoms with Crippen LogP contribution in [0.2, 0.25) is 0 Å². The average molecular weight is 314 g/mol. The molecule has 1 aliphatic rings. The van der Waals surface area contributed by atoms with Gasteiger partial charge in [0.2, 0.25) is 0 Å². The van der Waals surface area contributed by atoms with Crippen LogP contribution in [-0.4, -0.2) is 19.0 Å². The molecule has 2 N–H and O–H groups in total. The second-order valence-corrected chi connectivity index (χ2v) is 5.48. The number of halogens is 2. The highest BCUT2D eigenvalue weighted by molar-refractivity contribution is 9.10. The van der Waals surface area contributed by atoms with Crippen LogP contribution < -0.4 is 10.6 Å². The summed E-state index contributed by atoms with van der Waals surface area (Å²) in [6, 6.07) is 5.19. The number of hydrogen-bond donors (Lipinski definition) is 2. The van der Waals surface area contributed by atoms with Crippen LogP contribution in [0.5, 0.6) is 0 Å². The fraction of sp³-hybridized carbons (Fsp3) is 0.462. The molecule has 98 valence electrons. The number of rotatable bonds is 3. The van der Waals surface area contributed by atoms with Crippen molar-refractivity contribution >= 4 is 21.9 Å². The van der Waals surface area contributed by atoms with E-state index in [9.17, 15) is 4.39 Å². The summed E-state index contributed by atoms with van der Waals surface area (Å²) in [5.41, 5.74) is 0.877. The average Bonchev–Trinajstić information content (AvgIpc) is 3.04. The lowest BCUT2D eigenvalue weighted by Gasteiger charge is -2.12. The maximum atomic E-state index is 13.1. The fourth-order valence-corrected chi connectivity index (χ4v) is 2.14. The molecule has 2 unspecified atom stereocenters. The smallest absolute Gasteiger partial charge is 0.191 e. The van der Waals surface area contributed by atoms with E-state index in [-0.39, 0.29) is 5.82 Å². The molecule has 1 saturated carbocycles. The van der Waals surface area contributed by atoms with Gasteiger partial charge >= 0.3 is 0 Å². The predicted molar refractivity (Wildman–Crippen MR) is 75.0 cm³/mol. The largest absolute Gasteiger partial charge is 0.353 e. The Balaban J connectivity index is 1.91. The molecule has 0 heterocycles. The van der Waals surface area contributed by atoms with Crippen LogP contribution in [0.3, 0.4) is 0 Å². The van der Waals surface area contributed by atoms with E-state index in [2.05, 4.69) is 38.5 Å². The molecule has 0 spiro atoms. The summed E-state index contributed by atoms with van der Waals surface area (Å²) in [4.78, 5) is 4.16. The Morgan fingerprint density at radius 1 is 1.56 bits per heavy atom. The van der Waals surface area contributed by atoms with Gasteiger partial charge in [-0.1, -0.05) is 22.9 Å². The second-order valence-electron chi connectivity index (χ2n) is 4.63. The third-order valence-electron chi connectivity index (χ3n) is 3.11. The number of hydrogen-bond acceptors (Lipinski definition) is 1. The highest BCUT2D eigenvalue weighted by Crippen LogP contribution is 2.28.